The molecule has 2 aromatic carbocycles. The molecule has 0 bridgehead atoms. The second kappa shape index (κ2) is 9.35. The third-order valence-corrected chi connectivity index (χ3v) is 5.18. The second-order valence-electron chi connectivity index (χ2n) is 5.70. The summed E-state index contributed by atoms with van der Waals surface area (Å²) in [6.07, 6.45) is 1.56. The predicted octanol–water partition coefficient (Wildman–Crippen LogP) is 3.73. The molecule has 0 radical (unpaired) electrons. The van der Waals surface area contributed by atoms with Crippen LogP contribution in [-0.2, 0) is 11.4 Å². The highest BCUT2D eigenvalue weighted by molar-refractivity contribution is 8.23. The first kappa shape index (κ1) is 19.9. The number of hydrazone groups is 1. The zero-order valence-electron chi connectivity index (χ0n) is 15.1. The highest BCUT2D eigenvalue weighted by atomic mass is 32.2. The van der Waals surface area contributed by atoms with Crippen molar-refractivity contribution in [2.45, 2.75) is 13.5 Å². The Kier molecular flexibility index (Phi) is 6.63. The van der Waals surface area contributed by atoms with E-state index in [1.165, 1.54) is 16.8 Å². The van der Waals surface area contributed by atoms with Gasteiger partial charge in [0.1, 0.15) is 6.61 Å². The van der Waals surface area contributed by atoms with Crippen molar-refractivity contribution in [2.24, 2.45) is 5.10 Å². The first-order valence-electron chi connectivity index (χ1n) is 8.53. The topological polar surface area (TPSA) is 74.9 Å². The molecule has 142 valence electrons. The Hall–Kier alpha value is -2.89. The minimum atomic E-state index is -0.132. The lowest BCUT2D eigenvalue weighted by molar-refractivity contribution is -0.123. The molecule has 0 N–H and O–H groups in total. The van der Waals surface area contributed by atoms with Crippen molar-refractivity contribution >= 4 is 40.4 Å². The van der Waals surface area contributed by atoms with Crippen LogP contribution in [0.4, 0.5) is 0 Å². The van der Waals surface area contributed by atoms with E-state index in [2.05, 4.69) is 11.2 Å². The summed E-state index contributed by atoms with van der Waals surface area (Å²) >= 11 is 6.41. The molecule has 3 rings (SSSR count). The molecule has 1 fully saturated rings. The van der Waals surface area contributed by atoms with Gasteiger partial charge >= 0.3 is 0 Å². The van der Waals surface area contributed by atoms with Crippen LogP contribution in [-0.4, -0.2) is 33.8 Å². The number of thiocarbonyl (C=S) groups is 1. The maximum absolute atomic E-state index is 11.7. The number of carbonyl (C=O) groups excluding carboxylic acids is 1. The van der Waals surface area contributed by atoms with Gasteiger partial charge < -0.3 is 9.47 Å². The summed E-state index contributed by atoms with van der Waals surface area (Å²) in [5.74, 6) is 1.31. The third kappa shape index (κ3) is 4.68. The normalized spacial score (nSPS) is 13.8. The molecule has 0 aliphatic carbocycles. The Morgan fingerprint density at radius 2 is 2.11 bits per heavy atom. The smallest absolute Gasteiger partial charge is 0.259 e. The number of nitriles is 1. The monoisotopic (exact) mass is 411 g/mol. The van der Waals surface area contributed by atoms with E-state index >= 15 is 0 Å². The molecule has 1 aliphatic heterocycles. The minimum Gasteiger partial charge on any atom is -0.490 e. The first-order chi connectivity index (χ1) is 13.6. The number of benzene rings is 2. The zero-order valence-corrected chi connectivity index (χ0v) is 16.8. The third-order valence-electron chi connectivity index (χ3n) is 3.84. The molecule has 1 aliphatic rings. The molecule has 6 nitrogen and oxygen atoms in total. The van der Waals surface area contributed by atoms with Crippen LogP contribution >= 0.6 is 24.0 Å². The summed E-state index contributed by atoms with van der Waals surface area (Å²) in [5.41, 5.74) is 2.13. The predicted molar refractivity (Wildman–Crippen MR) is 113 cm³/mol. The molecule has 1 heterocycles. The molecular weight excluding hydrogens is 394 g/mol. The fourth-order valence-electron chi connectivity index (χ4n) is 2.49. The maximum atomic E-state index is 11.7. The highest BCUT2D eigenvalue weighted by Gasteiger charge is 2.25. The van der Waals surface area contributed by atoms with Gasteiger partial charge in [0.15, 0.2) is 15.8 Å². The van der Waals surface area contributed by atoms with Gasteiger partial charge in [0, 0.05) is 5.56 Å². The van der Waals surface area contributed by atoms with Gasteiger partial charge in [0.25, 0.3) is 5.91 Å². The SMILES string of the molecule is CCOc1cc(/C=N/N2C(=O)CSC2=S)ccc1OCc1ccccc1C#N. The summed E-state index contributed by atoms with van der Waals surface area (Å²) < 4.78 is 12.0. The Morgan fingerprint density at radius 1 is 1.29 bits per heavy atom. The van der Waals surface area contributed by atoms with Crippen LogP contribution < -0.4 is 9.47 Å². The van der Waals surface area contributed by atoms with Crippen molar-refractivity contribution < 1.29 is 14.3 Å². The van der Waals surface area contributed by atoms with Crippen LogP contribution in [0.2, 0.25) is 0 Å². The van der Waals surface area contributed by atoms with Crippen molar-refractivity contribution in [1.29, 1.82) is 5.26 Å². The van der Waals surface area contributed by atoms with E-state index in [4.69, 9.17) is 21.7 Å². The van der Waals surface area contributed by atoms with Crippen LogP contribution in [0.3, 0.4) is 0 Å². The quantitative estimate of drug-likeness (QED) is 0.510. The molecule has 8 heteroatoms. The minimum absolute atomic E-state index is 0.132. The van der Waals surface area contributed by atoms with E-state index in [0.717, 1.165) is 11.1 Å². The molecule has 0 atom stereocenters. The van der Waals surface area contributed by atoms with Crippen molar-refractivity contribution in [3.8, 4) is 17.6 Å². The molecule has 0 spiro atoms. The van der Waals surface area contributed by atoms with E-state index in [-0.39, 0.29) is 12.5 Å². The molecule has 28 heavy (non-hydrogen) atoms. The van der Waals surface area contributed by atoms with Gasteiger partial charge in [-0.05, 0) is 36.8 Å². The summed E-state index contributed by atoms with van der Waals surface area (Å²) in [6.45, 7) is 2.61. The largest absolute Gasteiger partial charge is 0.490 e. The summed E-state index contributed by atoms with van der Waals surface area (Å²) in [5, 5.41) is 14.6. The van der Waals surface area contributed by atoms with Crippen LogP contribution in [0.1, 0.15) is 23.6 Å². The van der Waals surface area contributed by atoms with Crippen LogP contribution in [0, 0.1) is 11.3 Å². The van der Waals surface area contributed by atoms with Gasteiger partial charge in [-0.25, -0.2) is 0 Å². The lowest BCUT2D eigenvalue weighted by Crippen LogP contribution is -2.22. The standard InChI is InChI=1S/C20H17N3O3S2/c1-2-25-18-9-14(11-22-23-19(24)13-28-20(23)27)7-8-17(18)26-12-16-6-4-3-5-15(16)10-21/h3-9,11H,2,12-13H2,1H3/b22-11+. The van der Waals surface area contributed by atoms with Gasteiger partial charge in [-0.15, -0.1) is 0 Å². The number of rotatable bonds is 7. The van der Waals surface area contributed by atoms with Crippen molar-refractivity contribution in [3.05, 3.63) is 59.2 Å². The van der Waals surface area contributed by atoms with E-state index in [1.54, 1.807) is 24.4 Å². The molecule has 0 saturated carbocycles. The average Bonchev–Trinajstić information content (AvgIpc) is 3.03. The summed E-state index contributed by atoms with van der Waals surface area (Å²) in [4.78, 5) is 11.7. The van der Waals surface area contributed by atoms with Gasteiger partial charge in [-0.1, -0.05) is 42.2 Å². The maximum Gasteiger partial charge on any atom is 0.259 e. The number of hydrogen-bond donors (Lipinski definition) is 0. The molecule has 0 aromatic heterocycles. The molecule has 0 unspecified atom stereocenters. The molecule has 1 amide bonds. The zero-order chi connectivity index (χ0) is 19.9. The van der Waals surface area contributed by atoms with Crippen LogP contribution in [0.25, 0.3) is 0 Å². The number of thioether (sulfide) groups is 1. The van der Waals surface area contributed by atoms with E-state index < -0.39 is 0 Å². The molecule has 1 saturated heterocycles. The Balaban J connectivity index is 1.76. The average molecular weight is 412 g/mol. The number of ether oxygens (including phenoxy) is 2. The molecular formula is C20H17N3O3S2. The fraction of sp³-hybridized carbons (Fsp3) is 0.200. The Morgan fingerprint density at radius 3 is 2.82 bits per heavy atom. The number of nitrogens with zero attached hydrogens (tertiary/aromatic N) is 3. The van der Waals surface area contributed by atoms with Gasteiger partial charge in [0.05, 0.1) is 30.2 Å². The van der Waals surface area contributed by atoms with E-state index in [1.807, 2.05) is 31.2 Å². The summed E-state index contributed by atoms with van der Waals surface area (Å²) in [6, 6.07) is 14.8. The van der Waals surface area contributed by atoms with Crippen molar-refractivity contribution in [3.63, 3.8) is 0 Å². The number of carbonyl (C=O) groups is 1. The first-order valence-corrected chi connectivity index (χ1v) is 9.93. The number of hydrogen-bond acceptors (Lipinski definition) is 7. The lowest BCUT2D eigenvalue weighted by Gasteiger charge is -2.13. The van der Waals surface area contributed by atoms with Crippen LogP contribution in [0.15, 0.2) is 47.6 Å². The summed E-state index contributed by atoms with van der Waals surface area (Å²) in [7, 11) is 0. The second-order valence-corrected chi connectivity index (χ2v) is 7.31. The molecule has 2 aromatic rings. The van der Waals surface area contributed by atoms with Crippen molar-refractivity contribution in [1.82, 2.24) is 5.01 Å². The number of amides is 1. The fourth-order valence-corrected chi connectivity index (χ4v) is 3.45. The highest BCUT2D eigenvalue weighted by Crippen LogP contribution is 2.29. The van der Waals surface area contributed by atoms with Gasteiger partial charge in [0.2, 0.25) is 0 Å². The van der Waals surface area contributed by atoms with Gasteiger partial charge in [-0.2, -0.15) is 15.4 Å². The van der Waals surface area contributed by atoms with Gasteiger partial charge in [-0.3, -0.25) is 4.79 Å². The Bertz CT molecular complexity index is 953. The Labute approximate surface area is 172 Å². The van der Waals surface area contributed by atoms with Crippen LogP contribution in [0.5, 0.6) is 11.5 Å². The van der Waals surface area contributed by atoms with E-state index in [9.17, 15) is 10.1 Å². The van der Waals surface area contributed by atoms with E-state index in [0.29, 0.717) is 33.7 Å². The lowest BCUT2D eigenvalue weighted by atomic mass is 10.1. The van der Waals surface area contributed by atoms with Crippen molar-refractivity contribution in [2.75, 3.05) is 12.4 Å².